The van der Waals surface area contributed by atoms with E-state index >= 15 is 0 Å². The molecular weight excluding hydrogens is 236 g/mol. The van der Waals surface area contributed by atoms with Gasteiger partial charge in [-0.05, 0) is 24.8 Å². The van der Waals surface area contributed by atoms with Gasteiger partial charge < -0.3 is 10.2 Å². The van der Waals surface area contributed by atoms with Crippen molar-refractivity contribution in [1.29, 1.82) is 0 Å². The summed E-state index contributed by atoms with van der Waals surface area (Å²) in [5.74, 6) is -3.71. The maximum absolute atomic E-state index is 11.9. The van der Waals surface area contributed by atoms with Crippen molar-refractivity contribution < 1.29 is 24.6 Å². The molecule has 1 fully saturated rings. The molecule has 18 heavy (non-hydrogen) atoms. The standard InChI is InChI=1S/C13H18O5/c1-2-10(14)13(12(17)18,8-11(15)16)9-6-4-3-5-7-9/h2,9H,1,3-8H2,(H,15,16)(H,17,18). The van der Waals surface area contributed by atoms with Gasteiger partial charge in [0.25, 0.3) is 0 Å². The fourth-order valence-electron chi connectivity index (χ4n) is 2.80. The van der Waals surface area contributed by atoms with Crippen LogP contribution in [0.5, 0.6) is 0 Å². The topological polar surface area (TPSA) is 91.7 Å². The number of carboxylic acids is 2. The Morgan fingerprint density at radius 3 is 2.11 bits per heavy atom. The summed E-state index contributed by atoms with van der Waals surface area (Å²) in [5, 5.41) is 18.3. The molecule has 5 heteroatoms. The second-order valence-electron chi connectivity index (χ2n) is 4.75. The number of carbonyl (C=O) groups is 3. The van der Waals surface area contributed by atoms with Gasteiger partial charge in [-0.2, -0.15) is 0 Å². The van der Waals surface area contributed by atoms with Gasteiger partial charge in [-0.3, -0.25) is 14.4 Å². The van der Waals surface area contributed by atoms with Gasteiger partial charge in [0.2, 0.25) is 0 Å². The van der Waals surface area contributed by atoms with Gasteiger partial charge in [-0.15, -0.1) is 0 Å². The van der Waals surface area contributed by atoms with E-state index in [1.807, 2.05) is 0 Å². The molecule has 1 aliphatic rings. The smallest absolute Gasteiger partial charge is 0.318 e. The van der Waals surface area contributed by atoms with Crippen LogP contribution in [-0.4, -0.2) is 27.9 Å². The number of carbonyl (C=O) groups excluding carboxylic acids is 1. The summed E-state index contributed by atoms with van der Waals surface area (Å²) < 4.78 is 0. The van der Waals surface area contributed by atoms with Crippen molar-refractivity contribution >= 4 is 17.7 Å². The molecule has 1 unspecified atom stereocenters. The minimum Gasteiger partial charge on any atom is -0.481 e. The van der Waals surface area contributed by atoms with E-state index in [9.17, 15) is 19.5 Å². The molecule has 0 amide bonds. The number of allylic oxidation sites excluding steroid dienone is 1. The maximum Gasteiger partial charge on any atom is 0.318 e. The molecule has 0 saturated heterocycles. The molecule has 1 aliphatic carbocycles. The normalized spacial score (nSPS) is 19.8. The highest BCUT2D eigenvalue weighted by Crippen LogP contribution is 2.42. The Morgan fingerprint density at radius 2 is 1.72 bits per heavy atom. The largest absolute Gasteiger partial charge is 0.481 e. The zero-order chi connectivity index (χ0) is 13.8. The van der Waals surface area contributed by atoms with Gasteiger partial charge in [0.1, 0.15) is 5.41 Å². The predicted molar refractivity (Wildman–Crippen MR) is 64.1 cm³/mol. The third-order valence-corrected chi connectivity index (χ3v) is 3.74. The lowest BCUT2D eigenvalue weighted by atomic mass is 9.64. The molecule has 2 N–H and O–H groups in total. The summed E-state index contributed by atoms with van der Waals surface area (Å²) in [4.78, 5) is 34.4. The molecule has 0 aromatic heterocycles. The number of hydrogen-bond donors (Lipinski definition) is 2. The van der Waals surface area contributed by atoms with Crippen molar-refractivity contribution in [2.45, 2.75) is 38.5 Å². The van der Waals surface area contributed by atoms with E-state index in [1.54, 1.807) is 0 Å². The van der Waals surface area contributed by atoms with Crippen molar-refractivity contribution in [3.8, 4) is 0 Å². The van der Waals surface area contributed by atoms with Crippen LogP contribution in [0.4, 0.5) is 0 Å². The zero-order valence-electron chi connectivity index (χ0n) is 10.2. The van der Waals surface area contributed by atoms with E-state index in [1.165, 1.54) is 0 Å². The molecule has 5 nitrogen and oxygen atoms in total. The second kappa shape index (κ2) is 5.80. The van der Waals surface area contributed by atoms with Crippen LogP contribution in [0.1, 0.15) is 38.5 Å². The number of carboxylic acid groups (broad SMARTS) is 2. The third-order valence-electron chi connectivity index (χ3n) is 3.74. The molecule has 0 heterocycles. The van der Waals surface area contributed by atoms with Crippen LogP contribution in [0.3, 0.4) is 0 Å². The molecule has 1 rings (SSSR count). The Balaban J connectivity index is 3.17. The Bertz CT molecular complexity index is 368. The minimum atomic E-state index is -1.84. The predicted octanol–water partition coefficient (Wildman–Crippen LogP) is 1.87. The highest BCUT2D eigenvalue weighted by molar-refractivity contribution is 6.10. The van der Waals surface area contributed by atoms with Gasteiger partial charge in [-0.1, -0.05) is 25.8 Å². The number of rotatable bonds is 6. The van der Waals surface area contributed by atoms with E-state index in [-0.39, 0.29) is 0 Å². The van der Waals surface area contributed by atoms with Crippen LogP contribution >= 0.6 is 0 Å². The maximum atomic E-state index is 11.9. The Morgan fingerprint density at radius 1 is 1.17 bits per heavy atom. The number of ketones is 1. The van der Waals surface area contributed by atoms with E-state index in [4.69, 9.17) is 5.11 Å². The van der Waals surface area contributed by atoms with Crippen LogP contribution in [-0.2, 0) is 14.4 Å². The summed E-state index contributed by atoms with van der Waals surface area (Å²) >= 11 is 0. The Labute approximate surface area is 105 Å². The lowest BCUT2D eigenvalue weighted by Gasteiger charge is -2.36. The lowest BCUT2D eigenvalue weighted by molar-refractivity contribution is -0.164. The molecule has 0 bridgehead atoms. The second-order valence-corrected chi connectivity index (χ2v) is 4.75. The molecular formula is C13H18O5. The Kier molecular flexibility index (Phi) is 4.64. The van der Waals surface area contributed by atoms with Crippen LogP contribution in [0.2, 0.25) is 0 Å². The monoisotopic (exact) mass is 254 g/mol. The average molecular weight is 254 g/mol. The zero-order valence-corrected chi connectivity index (χ0v) is 10.2. The van der Waals surface area contributed by atoms with Crippen LogP contribution < -0.4 is 0 Å². The third kappa shape index (κ3) is 2.60. The minimum absolute atomic E-state index is 0.412. The van der Waals surface area contributed by atoms with Gasteiger partial charge in [-0.25, -0.2) is 0 Å². The lowest BCUT2D eigenvalue weighted by Crippen LogP contribution is -2.47. The van der Waals surface area contributed by atoms with Crippen molar-refractivity contribution in [2.24, 2.45) is 11.3 Å². The van der Waals surface area contributed by atoms with Crippen molar-refractivity contribution in [3.63, 3.8) is 0 Å². The number of aliphatic carboxylic acids is 2. The summed E-state index contributed by atoms with van der Waals surface area (Å²) in [5.41, 5.74) is -1.84. The SMILES string of the molecule is C=CC(=O)C(CC(=O)O)(C(=O)O)C1CCCCC1. The van der Waals surface area contributed by atoms with Crippen LogP contribution in [0.15, 0.2) is 12.7 Å². The first-order valence-electron chi connectivity index (χ1n) is 6.07. The highest BCUT2D eigenvalue weighted by atomic mass is 16.4. The first-order valence-corrected chi connectivity index (χ1v) is 6.07. The summed E-state index contributed by atoms with van der Waals surface area (Å²) in [6.07, 6.45) is 4.11. The van der Waals surface area contributed by atoms with Crippen molar-refractivity contribution in [3.05, 3.63) is 12.7 Å². The van der Waals surface area contributed by atoms with E-state index < -0.39 is 35.5 Å². The summed E-state index contributed by atoms with van der Waals surface area (Å²) in [7, 11) is 0. The molecule has 0 radical (unpaired) electrons. The van der Waals surface area contributed by atoms with Crippen LogP contribution in [0.25, 0.3) is 0 Å². The molecule has 1 atom stereocenters. The van der Waals surface area contributed by atoms with Crippen molar-refractivity contribution in [1.82, 2.24) is 0 Å². The van der Waals surface area contributed by atoms with E-state index in [0.29, 0.717) is 12.8 Å². The summed E-state index contributed by atoms with van der Waals surface area (Å²) in [6.45, 7) is 3.31. The highest BCUT2D eigenvalue weighted by Gasteiger charge is 2.52. The van der Waals surface area contributed by atoms with Gasteiger partial charge >= 0.3 is 11.9 Å². The number of hydrogen-bond acceptors (Lipinski definition) is 3. The molecule has 0 aromatic rings. The van der Waals surface area contributed by atoms with E-state index in [2.05, 4.69) is 6.58 Å². The molecule has 0 aromatic carbocycles. The first-order chi connectivity index (χ1) is 8.45. The molecule has 100 valence electrons. The fraction of sp³-hybridized carbons (Fsp3) is 0.615. The fourth-order valence-corrected chi connectivity index (χ4v) is 2.80. The first kappa shape index (κ1) is 14.4. The molecule has 0 spiro atoms. The summed E-state index contributed by atoms with van der Waals surface area (Å²) in [6, 6.07) is 0. The van der Waals surface area contributed by atoms with Crippen LogP contribution in [0, 0.1) is 11.3 Å². The van der Waals surface area contributed by atoms with Crippen molar-refractivity contribution in [2.75, 3.05) is 0 Å². The average Bonchev–Trinajstić information content (AvgIpc) is 2.35. The quantitative estimate of drug-likeness (QED) is 0.557. The molecule has 1 saturated carbocycles. The van der Waals surface area contributed by atoms with Gasteiger partial charge in [0.15, 0.2) is 5.78 Å². The van der Waals surface area contributed by atoms with E-state index in [0.717, 1.165) is 25.3 Å². The van der Waals surface area contributed by atoms with Gasteiger partial charge in [0, 0.05) is 0 Å². The van der Waals surface area contributed by atoms with Gasteiger partial charge in [0.05, 0.1) is 6.42 Å². The molecule has 0 aliphatic heterocycles. The Hall–Kier alpha value is -1.65.